The van der Waals surface area contributed by atoms with Gasteiger partial charge in [0, 0.05) is 6.08 Å². The lowest BCUT2D eigenvalue weighted by molar-refractivity contribution is -0.134. The fraction of sp³-hybridized carbons (Fsp3) is 0.357. The standard InChI is InChI=1S/C14H18O4S/c1-3-19(16,17)13-10-8-12(9-11-13)6-4-5-7-14(15)18-2/h5,7-11H,3-4,6H2,1-2H3. The Kier molecular flexibility index (Phi) is 5.76. The third-order valence-corrected chi connectivity index (χ3v) is 4.47. The van der Waals surface area contributed by atoms with Crippen molar-refractivity contribution >= 4 is 15.8 Å². The number of ether oxygens (including phenoxy) is 1. The van der Waals surface area contributed by atoms with Crippen molar-refractivity contribution in [1.82, 2.24) is 0 Å². The van der Waals surface area contributed by atoms with Gasteiger partial charge in [-0.2, -0.15) is 0 Å². The maximum absolute atomic E-state index is 11.6. The zero-order valence-corrected chi connectivity index (χ0v) is 11.9. The third kappa shape index (κ3) is 4.87. The van der Waals surface area contributed by atoms with Gasteiger partial charge in [0.15, 0.2) is 9.84 Å². The molecule has 0 radical (unpaired) electrons. The molecule has 0 amide bonds. The first kappa shape index (κ1) is 15.4. The molecule has 0 saturated carbocycles. The molecule has 0 atom stereocenters. The Balaban J connectivity index is 2.59. The SMILES string of the molecule is CCS(=O)(=O)c1ccc(CCC=CC(=O)OC)cc1. The second kappa shape index (κ2) is 7.09. The highest BCUT2D eigenvalue weighted by molar-refractivity contribution is 7.91. The first-order valence-corrected chi connectivity index (χ1v) is 7.71. The van der Waals surface area contributed by atoms with Crippen LogP contribution in [-0.2, 0) is 25.8 Å². The van der Waals surface area contributed by atoms with Crippen LogP contribution in [0.5, 0.6) is 0 Å². The largest absolute Gasteiger partial charge is 0.466 e. The molecule has 0 saturated heterocycles. The molecule has 1 rings (SSSR count). The van der Waals surface area contributed by atoms with E-state index in [2.05, 4.69) is 4.74 Å². The highest BCUT2D eigenvalue weighted by Gasteiger charge is 2.10. The van der Waals surface area contributed by atoms with Gasteiger partial charge in [-0.25, -0.2) is 13.2 Å². The van der Waals surface area contributed by atoms with Crippen molar-refractivity contribution < 1.29 is 17.9 Å². The van der Waals surface area contributed by atoms with Crippen LogP contribution < -0.4 is 0 Å². The Bertz CT molecular complexity index is 541. The maximum atomic E-state index is 11.6. The highest BCUT2D eigenvalue weighted by atomic mass is 32.2. The Morgan fingerprint density at radius 2 is 1.89 bits per heavy atom. The molecule has 0 fully saturated rings. The molecule has 19 heavy (non-hydrogen) atoms. The molecule has 0 aliphatic rings. The normalized spacial score (nSPS) is 11.7. The van der Waals surface area contributed by atoms with Crippen LogP contribution in [0.4, 0.5) is 0 Å². The van der Waals surface area contributed by atoms with E-state index in [0.29, 0.717) is 11.3 Å². The first-order valence-electron chi connectivity index (χ1n) is 6.05. The molecule has 0 aromatic heterocycles. The fourth-order valence-electron chi connectivity index (χ4n) is 1.53. The predicted octanol–water partition coefficient (Wildman–Crippen LogP) is 2.14. The average molecular weight is 282 g/mol. The van der Waals surface area contributed by atoms with Crippen molar-refractivity contribution in [3.05, 3.63) is 42.0 Å². The molecule has 5 heteroatoms. The van der Waals surface area contributed by atoms with E-state index < -0.39 is 9.84 Å². The lowest BCUT2D eigenvalue weighted by atomic mass is 10.1. The molecule has 0 bridgehead atoms. The average Bonchev–Trinajstić information content (AvgIpc) is 2.43. The summed E-state index contributed by atoms with van der Waals surface area (Å²) in [5.41, 5.74) is 1.03. The summed E-state index contributed by atoms with van der Waals surface area (Å²) in [6, 6.07) is 6.85. The minimum atomic E-state index is -3.13. The Morgan fingerprint density at radius 3 is 2.42 bits per heavy atom. The monoisotopic (exact) mass is 282 g/mol. The molecule has 0 unspecified atom stereocenters. The van der Waals surface area contributed by atoms with Crippen LogP contribution in [-0.4, -0.2) is 27.2 Å². The van der Waals surface area contributed by atoms with Gasteiger partial charge >= 0.3 is 5.97 Å². The number of carbonyl (C=O) groups is 1. The van der Waals surface area contributed by atoms with Gasteiger partial charge < -0.3 is 4.74 Å². The van der Waals surface area contributed by atoms with Gasteiger partial charge in [0.2, 0.25) is 0 Å². The van der Waals surface area contributed by atoms with Gasteiger partial charge in [0.25, 0.3) is 0 Å². The van der Waals surface area contributed by atoms with E-state index in [4.69, 9.17) is 0 Å². The molecule has 4 nitrogen and oxygen atoms in total. The molecule has 0 spiro atoms. The fourth-order valence-corrected chi connectivity index (χ4v) is 2.41. The van der Waals surface area contributed by atoms with Gasteiger partial charge in [0.1, 0.15) is 0 Å². The zero-order valence-electron chi connectivity index (χ0n) is 11.1. The molecular weight excluding hydrogens is 264 g/mol. The highest BCUT2D eigenvalue weighted by Crippen LogP contribution is 2.13. The van der Waals surface area contributed by atoms with Crippen molar-refractivity contribution in [3.8, 4) is 0 Å². The summed E-state index contributed by atoms with van der Waals surface area (Å²) in [6.07, 6.45) is 4.58. The van der Waals surface area contributed by atoms with Gasteiger partial charge in [-0.05, 0) is 30.5 Å². The number of aryl methyl sites for hydroxylation is 1. The van der Waals surface area contributed by atoms with E-state index in [0.717, 1.165) is 12.0 Å². The van der Waals surface area contributed by atoms with Gasteiger partial charge in [-0.15, -0.1) is 0 Å². The first-order chi connectivity index (χ1) is 8.99. The Labute approximate surface area is 114 Å². The Hall–Kier alpha value is -1.62. The van der Waals surface area contributed by atoms with Crippen LogP contribution in [0.3, 0.4) is 0 Å². The quantitative estimate of drug-likeness (QED) is 0.592. The van der Waals surface area contributed by atoms with Crippen molar-refractivity contribution in [2.75, 3.05) is 12.9 Å². The number of allylic oxidation sites excluding steroid dienone is 1. The van der Waals surface area contributed by atoms with Crippen LogP contribution >= 0.6 is 0 Å². The Morgan fingerprint density at radius 1 is 1.26 bits per heavy atom. The van der Waals surface area contributed by atoms with E-state index in [9.17, 15) is 13.2 Å². The van der Waals surface area contributed by atoms with Crippen molar-refractivity contribution in [3.63, 3.8) is 0 Å². The molecule has 0 heterocycles. The van der Waals surface area contributed by atoms with Gasteiger partial charge in [-0.3, -0.25) is 0 Å². The lowest BCUT2D eigenvalue weighted by Gasteiger charge is -2.03. The summed E-state index contributed by atoms with van der Waals surface area (Å²) in [4.78, 5) is 11.2. The van der Waals surface area contributed by atoms with Crippen LogP contribution in [0.25, 0.3) is 0 Å². The van der Waals surface area contributed by atoms with Crippen LogP contribution in [0.2, 0.25) is 0 Å². The van der Waals surface area contributed by atoms with E-state index >= 15 is 0 Å². The number of hydrogen-bond acceptors (Lipinski definition) is 4. The molecule has 1 aromatic carbocycles. The third-order valence-electron chi connectivity index (χ3n) is 2.72. The van der Waals surface area contributed by atoms with Crippen LogP contribution in [0.1, 0.15) is 18.9 Å². The number of sulfone groups is 1. The molecule has 0 aliphatic carbocycles. The second-order valence-electron chi connectivity index (χ2n) is 4.01. The van der Waals surface area contributed by atoms with E-state index in [1.807, 2.05) is 0 Å². The van der Waals surface area contributed by atoms with E-state index in [1.165, 1.54) is 13.2 Å². The van der Waals surface area contributed by atoms with Crippen molar-refractivity contribution in [2.45, 2.75) is 24.7 Å². The van der Waals surface area contributed by atoms with E-state index in [-0.39, 0.29) is 11.7 Å². The topological polar surface area (TPSA) is 60.4 Å². The molecule has 104 valence electrons. The molecular formula is C14H18O4S. The zero-order chi connectivity index (χ0) is 14.3. The van der Waals surface area contributed by atoms with Gasteiger partial charge in [0.05, 0.1) is 17.8 Å². The maximum Gasteiger partial charge on any atom is 0.330 e. The van der Waals surface area contributed by atoms with Crippen molar-refractivity contribution in [1.29, 1.82) is 0 Å². The number of hydrogen-bond donors (Lipinski definition) is 0. The minimum Gasteiger partial charge on any atom is -0.466 e. The number of rotatable bonds is 6. The van der Waals surface area contributed by atoms with Crippen LogP contribution in [0.15, 0.2) is 41.3 Å². The van der Waals surface area contributed by atoms with Crippen LogP contribution in [0, 0.1) is 0 Å². The minimum absolute atomic E-state index is 0.105. The molecule has 1 aromatic rings. The lowest BCUT2D eigenvalue weighted by Crippen LogP contribution is -2.03. The summed E-state index contributed by atoms with van der Waals surface area (Å²) in [7, 11) is -1.80. The predicted molar refractivity (Wildman–Crippen MR) is 73.6 cm³/mol. The summed E-state index contributed by atoms with van der Waals surface area (Å²) < 4.78 is 27.7. The van der Waals surface area contributed by atoms with Crippen molar-refractivity contribution in [2.24, 2.45) is 0 Å². The molecule has 0 N–H and O–H groups in total. The van der Waals surface area contributed by atoms with E-state index in [1.54, 1.807) is 37.3 Å². The smallest absolute Gasteiger partial charge is 0.330 e. The summed E-state index contributed by atoms with van der Waals surface area (Å²) in [5, 5.41) is 0. The summed E-state index contributed by atoms with van der Waals surface area (Å²) >= 11 is 0. The summed E-state index contributed by atoms with van der Waals surface area (Å²) in [5.74, 6) is -0.266. The van der Waals surface area contributed by atoms with Gasteiger partial charge in [-0.1, -0.05) is 25.1 Å². The summed E-state index contributed by atoms with van der Waals surface area (Å²) in [6.45, 7) is 1.63. The number of benzene rings is 1. The molecule has 0 aliphatic heterocycles. The number of esters is 1. The second-order valence-corrected chi connectivity index (χ2v) is 6.29. The number of carbonyl (C=O) groups excluding carboxylic acids is 1. The number of methoxy groups -OCH3 is 1.